The number of amides is 1. The van der Waals surface area contributed by atoms with Crippen molar-refractivity contribution in [3.05, 3.63) is 28.8 Å². The van der Waals surface area contributed by atoms with E-state index in [4.69, 9.17) is 11.6 Å². The predicted molar refractivity (Wildman–Crippen MR) is 87.3 cm³/mol. The third kappa shape index (κ3) is 3.69. The second-order valence-corrected chi connectivity index (χ2v) is 6.47. The van der Waals surface area contributed by atoms with Gasteiger partial charge < -0.3 is 14.7 Å². The second kappa shape index (κ2) is 6.67. The maximum atomic E-state index is 12.1. The number of rotatable bonds is 3. The molecule has 21 heavy (non-hydrogen) atoms. The average molecular weight is 311 g/mol. The molecular formula is C16H25ClN3O+. The van der Waals surface area contributed by atoms with Crippen molar-refractivity contribution in [2.24, 2.45) is 0 Å². The highest BCUT2D eigenvalue weighted by molar-refractivity contribution is 6.30. The third-order valence-electron chi connectivity index (χ3n) is 4.34. The van der Waals surface area contributed by atoms with Gasteiger partial charge >= 0.3 is 0 Å². The van der Waals surface area contributed by atoms with Crippen LogP contribution in [0.5, 0.6) is 0 Å². The zero-order valence-corrected chi connectivity index (χ0v) is 14.1. The van der Waals surface area contributed by atoms with E-state index in [-0.39, 0.29) is 11.9 Å². The molecule has 1 amide bonds. The number of carbonyl (C=O) groups is 1. The van der Waals surface area contributed by atoms with E-state index in [9.17, 15) is 4.79 Å². The first-order valence-corrected chi connectivity index (χ1v) is 7.85. The number of nitrogens with one attached hydrogen (secondary N) is 1. The van der Waals surface area contributed by atoms with E-state index in [2.05, 4.69) is 17.9 Å². The van der Waals surface area contributed by atoms with Crippen molar-refractivity contribution < 1.29 is 9.69 Å². The van der Waals surface area contributed by atoms with Crippen molar-refractivity contribution in [2.45, 2.75) is 19.9 Å². The summed E-state index contributed by atoms with van der Waals surface area (Å²) in [6, 6.07) is 6.06. The minimum absolute atomic E-state index is 0.0302. The smallest absolute Gasteiger partial charge is 0.280 e. The van der Waals surface area contributed by atoms with Crippen molar-refractivity contribution >= 4 is 23.2 Å². The molecule has 1 aliphatic heterocycles. The maximum Gasteiger partial charge on any atom is 0.280 e. The molecule has 1 aromatic rings. The summed E-state index contributed by atoms with van der Waals surface area (Å²) >= 11 is 6.11. The molecule has 0 bridgehead atoms. The topological polar surface area (TPSA) is 28.0 Å². The van der Waals surface area contributed by atoms with Crippen LogP contribution in [0.3, 0.4) is 0 Å². The number of piperazine rings is 1. The van der Waals surface area contributed by atoms with Gasteiger partial charge in [0.15, 0.2) is 6.04 Å². The molecule has 5 heteroatoms. The highest BCUT2D eigenvalue weighted by Crippen LogP contribution is 2.24. The Morgan fingerprint density at radius 1 is 1.33 bits per heavy atom. The Balaban J connectivity index is 2.00. The lowest BCUT2D eigenvalue weighted by atomic mass is 10.1. The van der Waals surface area contributed by atoms with Gasteiger partial charge in [-0.25, -0.2) is 0 Å². The van der Waals surface area contributed by atoms with E-state index >= 15 is 0 Å². The van der Waals surface area contributed by atoms with E-state index in [1.807, 2.05) is 33.2 Å². The van der Waals surface area contributed by atoms with Gasteiger partial charge in [-0.15, -0.1) is 0 Å². The first-order chi connectivity index (χ1) is 9.90. The Labute approximate surface area is 132 Å². The first kappa shape index (κ1) is 16.1. The van der Waals surface area contributed by atoms with Crippen LogP contribution >= 0.6 is 11.6 Å². The summed E-state index contributed by atoms with van der Waals surface area (Å²) < 4.78 is 0. The minimum atomic E-state index is 0.0302. The molecule has 1 N–H and O–H groups in total. The van der Waals surface area contributed by atoms with E-state index in [0.29, 0.717) is 0 Å². The van der Waals surface area contributed by atoms with Gasteiger partial charge in [0.2, 0.25) is 0 Å². The zero-order chi connectivity index (χ0) is 15.6. The SMILES string of the molecule is Cc1ccc(Cl)cc1N1CC[NH+]([C@@H](C)C(=O)N(C)C)CC1. The molecule has 1 fully saturated rings. The van der Waals surface area contributed by atoms with Gasteiger partial charge in [-0.05, 0) is 31.5 Å². The van der Waals surface area contributed by atoms with Crippen molar-refractivity contribution in [3.8, 4) is 0 Å². The molecule has 0 aromatic heterocycles. The summed E-state index contributed by atoms with van der Waals surface area (Å²) in [6.45, 7) is 8.02. The lowest BCUT2D eigenvalue weighted by Crippen LogP contribution is -3.19. The van der Waals surface area contributed by atoms with E-state index < -0.39 is 0 Å². The largest absolute Gasteiger partial charge is 0.360 e. The van der Waals surface area contributed by atoms with Gasteiger partial charge in [0.05, 0.1) is 26.2 Å². The minimum Gasteiger partial charge on any atom is -0.360 e. The van der Waals surface area contributed by atoms with E-state index in [0.717, 1.165) is 31.2 Å². The summed E-state index contributed by atoms with van der Waals surface area (Å²) in [5, 5.41) is 0.779. The number of aryl methyl sites for hydroxylation is 1. The molecule has 1 saturated heterocycles. The fourth-order valence-electron chi connectivity index (χ4n) is 2.95. The molecule has 0 radical (unpaired) electrons. The molecule has 1 aliphatic rings. The zero-order valence-electron chi connectivity index (χ0n) is 13.3. The Kier molecular flexibility index (Phi) is 5.12. The fraction of sp³-hybridized carbons (Fsp3) is 0.562. The molecule has 2 rings (SSSR count). The van der Waals surface area contributed by atoms with Crippen LogP contribution in [0, 0.1) is 6.92 Å². The van der Waals surface area contributed by atoms with Crippen LogP contribution in [-0.2, 0) is 4.79 Å². The van der Waals surface area contributed by atoms with Crippen molar-refractivity contribution in [3.63, 3.8) is 0 Å². The summed E-state index contributed by atoms with van der Waals surface area (Å²) in [6.07, 6.45) is 0. The Bertz CT molecular complexity index is 510. The normalized spacial score (nSPS) is 17.7. The number of halogens is 1. The number of carbonyl (C=O) groups excluding carboxylic acids is 1. The summed E-state index contributed by atoms with van der Waals surface area (Å²) in [7, 11) is 3.65. The number of quaternary nitrogens is 1. The van der Waals surface area contributed by atoms with Gasteiger partial charge in [-0.2, -0.15) is 0 Å². The van der Waals surface area contributed by atoms with Crippen molar-refractivity contribution in [1.29, 1.82) is 0 Å². The molecule has 4 nitrogen and oxygen atoms in total. The lowest BCUT2D eigenvalue weighted by molar-refractivity contribution is -0.915. The molecule has 0 unspecified atom stereocenters. The highest BCUT2D eigenvalue weighted by atomic mass is 35.5. The number of anilines is 1. The number of hydrogen-bond acceptors (Lipinski definition) is 2. The van der Waals surface area contributed by atoms with Crippen LogP contribution in [0.15, 0.2) is 18.2 Å². The van der Waals surface area contributed by atoms with Gasteiger partial charge in [0, 0.05) is 24.8 Å². The van der Waals surface area contributed by atoms with E-state index in [1.165, 1.54) is 16.2 Å². The predicted octanol–water partition coefficient (Wildman–Crippen LogP) is 0.830. The average Bonchev–Trinajstić information content (AvgIpc) is 2.48. The number of benzene rings is 1. The van der Waals surface area contributed by atoms with Crippen molar-refractivity contribution in [2.75, 3.05) is 45.2 Å². The molecule has 0 spiro atoms. The monoisotopic (exact) mass is 310 g/mol. The van der Waals surface area contributed by atoms with Crippen LogP contribution in [0.2, 0.25) is 5.02 Å². The fourth-order valence-corrected chi connectivity index (χ4v) is 3.12. The maximum absolute atomic E-state index is 12.1. The van der Waals surface area contributed by atoms with Crippen LogP contribution in [0.1, 0.15) is 12.5 Å². The highest BCUT2D eigenvalue weighted by Gasteiger charge is 2.30. The molecule has 0 aliphatic carbocycles. The molecule has 116 valence electrons. The van der Waals surface area contributed by atoms with Crippen molar-refractivity contribution in [1.82, 2.24) is 4.90 Å². The molecule has 1 aromatic carbocycles. The van der Waals surface area contributed by atoms with Crippen LogP contribution in [-0.4, -0.2) is 57.1 Å². The quantitative estimate of drug-likeness (QED) is 0.896. The van der Waals surface area contributed by atoms with Gasteiger partial charge in [-0.3, -0.25) is 4.79 Å². The van der Waals surface area contributed by atoms with E-state index in [1.54, 1.807) is 4.90 Å². The van der Waals surface area contributed by atoms with Crippen LogP contribution in [0.25, 0.3) is 0 Å². The number of nitrogens with zero attached hydrogens (tertiary/aromatic N) is 2. The second-order valence-electron chi connectivity index (χ2n) is 6.03. The number of likely N-dealkylation sites (N-methyl/N-ethyl adjacent to an activating group) is 1. The van der Waals surface area contributed by atoms with Crippen LogP contribution in [0.4, 0.5) is 5.69 Å². The summed E-state index contributed by atoms with van der Waals surface area (Å²) in [5.74, 6) is 0.206. The first-order valence-electron chi connectivity index (χ1n) is 7.47. The van der Waals surface area contributed by atoms with Gasteiger partial charge in [-0.1, -0.05) is 17.7 Å². The Hall–Kier alpha value is -1.26. The Morgan fingerprint density at radius 3 is 2.52 bits per heavy atom. The number of hydrogen-bond donors (Lipinski definition) is 1. The Morgan fingerprint density at radius 2 is 1.95 bits per heavy atom. The van der Waals surface area contributed by atoms with Gasteiger partial charge in [0.25, 0.3) is 5.91 Å². The molecular weight excluding hydrogens is 286 g/mol. The summed E-state index contributed by atoms with van der Waals surface area (Å²) in [5.41, 5.74) is 2.47. The van der Waals surface area contributed by atoms with Crippen LogP contribution < -0.4 is 9.80 Å². The lowest BCUT2D eigenvalue weighted by Gasteiger charge is -2.37. The third-order valence-corrected chi connectivity index (χ3v) is 4.58. The van der Waals surface area contributed by atoms with Gasteiger partial charge in [0.1, 0.15) is 0 Å². The standard InChI is InChI=1S/C16H24ClN3O/c1-12-5-6-14(17)11-15(12)20-9-7-19(8-10-20)13(2)16(21)18(3)4/h5-6,11,13H,7-10H2,1-4H3/p+1/t13-/m0/s1. The summed E-state index contributed by atoms with van der Waals surface area (Å²) in [4.78, 5) is 17.5. The molecule has 1 atom stereocenters. The molecule has 1 heterocycles. The molecule has 0 saturated carbocycles.